The van der Waals surface area contributed by atoms with Crippen LogP contribution in [0.3, 0.4) is 0 Å². The first-order valence-corrected chi connectivity index (χ1v) is 11.6. The number of halogens is 1. The van der Waals surface area contributed by atoms with Crippen LogP contribution in [0.5, 0.6) is 11.6 Å². The van der Waals surface area contributed by atoms with E-state index in [2.05, 4.69) is 11.5 Å². The van der Waals surface area contributed by atoms with Gasteiger partial charge in [-0.05, 0) is 37.1 Å². The molecule has 2 aromatic heterocycles. The average Bonchev–Trinajstić information content (AvgIpc) is 3.48. The van der Waals surface area contributed by atoms with Crippen LogP contribution >= 0.6 is 0 Å². The van der Waals surface area contributed by atoms with Crippen LogP contribution in [0.4, 0.5) is 4.39 Å². The molecule has 4 rings (SSSR count). The molecule has 7 heteroatoms. The number of aryl methyl sites for hydroxylation is 1. The van der Waals surface area contributed by atoms with Crippen molar-refractivity contribution in [2.75, 3.05) is 6.54 Å². The summed E-state index contributed by atoms with van der Waals surface area (Å²) >= 11 is 0. The Morgan fingerprint density at radius 1 is 1.11 bits per heavy atom. The summed E-state index contributed by atoms with van der Waals surface area (Å²) in [7, 11) is 1.78. The molecule has 182 valence electrons. The van der Waals surface area contributed by atoms with Crippen molar-refractivity contribution < 1.29 is 18.7 Å². The highest BCUT2D eigenvalue weighted by molar-refractivity contribution is 5.65. The Morgan fingerprint density at radius 2 is 1.89 bits per heavy atom. The van der Waals surface area contributed by atoms with Crippen LogP contribution < -0.4 is 4.74 Å². The topological polar surface area (TPSA) is 63.7 Å². The number of aromatic nitrogens is 2. The molecule has 35 heavy (non-hydrogen) atoms. The Kier molecular flexibility index (Phi) is 8.13. The number of hydrogen-bond acceptors (Lipinski definition) is 5. The molecule has 0 radical (unpaired) electrons. The van der Waals surface area contributed by atoms with E-state index in [-0.39, 0.29) is 5.75 Å². The zero-order valence-corrected chi connectivity index (χ0v) is 19.8. The lowest BCUT2D eigenvalue weighted by Crippen LogP contribution is -2.31. The summed E-state index contributed by atoms with van der Waals surface area (Å²) in [5.41, 5.74) is 2.46. The highest BCUT2D eigenvalue weighted by Crippen LogP contribution is 2.35. The van der Waals surface area contributed by atoms with Crippen LogP contribution in [0.15, 0.2) is 90.1 Å². The van der Waals surface area contributed by atoms with Gasteiger partial charge in [-0.1, -0.05) is 48.5 Å². The van der Waals surface area contributed by atoms with E-state index in [1.54, 1.807) is 42.3 Å². The van der Waals surface area contributed by atoms with Gasteiger partial charge in [0.05, 0.1) is 24.5 Å². The minimum Gasteiger partial charge on any atom is -0.468 e. The Hall–Kier alpha value is -3.68. The second kappa shape index (κ2) is 11.6. The number of furan rings is 1. The highest BCUT2D eigenvalue weighted by atomic mass is 19.1. The maximum atomic E-state index is 14.5. The maximum absolute atomic E-state index is 14.5. The number of aliphatic hydroxyl groups is 1. The molecule has 0 fully saturated rings. The van der Waals surface area contributed by atoms with Crippen molar-refractivity contribution >= 4 is 0 Å². The molecule has 0 spiro atoms. The molecule has 0 aliphatic rings. The van der Waals surface area contributed by atoms with Crippen molar-refractivity contribution in [2.24, 2.45) is 7.05 Å². The summed E-state index contributed by atoms with van der Waals surface area (Å²) in [6, 6.07) is 19.9. The Labute approximate surface area is 204 Å². The molecule has 6 nitrogen and oxygen atoms in total. The first-order chi connectivity index (χ1) is 17.0. The first kappa shape index (κ1) is 24.4. The fourth-order valence-corrected chi connectivity index (χ4v) is 4.01. The molecule has 0 amide bonds. The summed E-state index contributed by atoms with van der Waals surface area (Å²) in [5, 5.41) is 15.4. The predicted molar refractivity (Wildman–Crippen MR) is 133 cm³/mol. The van der Waals surface area contributed by atoms with Gasteiger partial charge < -0.3 is 14.3 Å². The van der Waals surface area contributed by atoms with E-state index in [0.717, 1.165) is 29.0 Å². The summed E-state index contributed by atoms with van der Waals surface area (Å²) in [6.07, 6.45) is 4.22. The Morgan fingerprint density at radius 3 is 2.60 bits per heavy atom. The molecule has 2 heterocycles. The Balaban J connectivity index is 1.72. The molecular weight excluding hydrogens is 445 g/mol. The third-order valence-electron chi connectivity index (χ3n) is 5.69. The molecule has 1 N–H and O–H groups in total. The zero-order valence-electron chi connectivity index (χ0n) is 19.8. The van der Waals surface area contributed by atoms with Crippen molar-refractivity contribution in [3.05, 3.63) is 103 Å². The number of benzene rings is 2. The molecular formula is C28H30FN3O3. The number of aliphatic hydroxyl groups excluding tert-OH is 1. The third kappa shape index (κ3) is 6.26. The van der Waals surface area contributed by atoms with Crippen molar-refractivity contribution in [3.63, 3.8) is 0 Å². The van der Waals surface area contributed by atoms with E-state index in [1.807, 2.05) is 42.5 Å². The lowest BCUT2D eigenvalue weighted by molar-refractivity contribution is 0.0941. The van der Waals surface area contributed by atoms with E-state index >= 15 is 0 Å². The van der Waals surface area contributed by atoms with Gasteiger partial charge in [0.2, 0.25) is 5.88 Å². The molecule has 0 saturated heterocycles. The molecule has 0 bridgehead atoms. The van der Waals surface area contributed by atoms with Crippen molar-refractivity contribution in [2.45, 2.75) is 32.0 Å². The molecule has 4 aromatic rings. The molecule has 1 atom stereocenters. The average molecular weight is 476 g/mol. The molecule has 2 aromatic carbocycles. The zero-order chi connectivity index (χ0) is 24.6. The maximum Gasteiger partial charge on any atom is 0.222 e. The number of nitrogens with zero attached hydrogens (tertiary/aromatic N) is 3. The van der Waals surface area contributed by atoms with Gasteiger partial charge >= 0.3 is 0 Å². The van der Waals surface area contributed by atoms with Crippen molar-refractivity contribution in [3.8, 4) is 22.9 Å². The third-order valence-corrected chi connectivity index (χ3v) is 5.69. The predicted octanol–water partition coefficient (Wildman–Crippen LogP) is 5.94. The number of ether oxygens (including phenoxy) is 1. The quantitative estimate of drug-likeness (QED) is 0.257. The van der Waals surface area contributed by atoms with Crippen LogP contribution in [-0.4, -0.2) is 32.4 Å². The minimum atomic E-state index is -0.546. The van der Waals surface area contributed by atoms with Gasteiger partial charge in [-0.15, -0.1) is 6.58 Å². The number of hydrogen-bond donors (Lipinski definition) is 1. The van der Waals surface area contributed by atoms with Crippen LogP contribution in [0.1, 0.15) is 24.2 Å². The molecule has 0 saturated carbocycles. The van der Waals surface area contributed by atoms with Crippen LogP contribution in [0, 0.1) is 5.82 Å². The summed E-state index contributed by atoms with van der Waals surface area (Å²) in [5.74, 6) is 0.898. The fraction of sp³-hybridized carbons (Fsp3) is 0.250. The van der Waals surface area contributed by atoms with Gasteiger partial charge in [-0.25, -0.2) is 9.07 Å². The number of rotatable bonds is 12. The van der Waals surface area contributed by atoms with Gasteiger partial charge in [0.15, 0.2) is 11.6 Å². The molecule has 0 aliphatic heterocycles. The van der Waals surface area contributed by atoms with E-state index in [0.29, 0.717) is 31.9 Å². The van der Waals surface area contributed by atoms with Gasteiger partial charge in [0.1, 0.15) is 11.5 Å². The summed E-state index contributed by atoms with van der Waals surface area (Å²) in [6.45, 7) is 5.06. The molecule has 1 unspecified atom stereocenters. The second-order valence-electron chi connectivity index (χ2n) is 8.42. The van der Waals surface area contributed by atoms with Gasteiger partial charge in [-0.3, -0.25) is 4.90 Å². The van der Waals surface area contributed by atoms with Crippen LogP contribution in [0.2, 0.25) is 0 Å². The second-order valence-corrected chi connectivity index (χ2v) is 8.42. The van der Waals surface area contributed by atoms with Gasteiger partial charge in [-0.2, -0.15) is 5.10 Å². The SMILES string of the molecule is C=CCCC(O)CN(Cc1ccco1)Cc1c(-c2ccccc2)nn(C)c1Oc1ccccc1F. The van der Waals surface area contributed by atoms with Crippen LogP contribution in [0.25, 0.3) is 11.3 Å². The van der Waals surface area contributed by atoms with Gasteiger partial charge in [0, 0.05) is 25.7 Å². The normalized spacial score (nSPS) is 12.1. The largest absolute Gasteiger partial charge is 0.468 e. The van der Waals surface area contributed by atoms with E-state index < -0.39 is 11.9 Å². The summed E-state index contributed by atoms with van der Waals surface area (Å²) < 4.78 is 27.7. The minimum absolute atomic E-state index is 0.125. The highest BCUT2D eigenvalue weighted by Gasteiger charge is 2.24. The van der Waals surface area contributed by atoms with Crippen molar-refractivity contribution in [1.29, 1.82) is 0 Å². The monoisotopic (exact) mass is 475 g/mol. The van der Waals surface area contributed by atoms with Crippen LogP contribution in [-0.2, 0) is 20.1 Å². The van der Waals surface area contributed by atoms with E-state index in [9.17, 15) is 9.50 Å². The fourth-order valence-electron chi connectivity index (χ4n) is 4.01. The number of para-hydroxylation sites is 1. The first-order valence-electron chi connectivity index (χ1n) is 11.6. The lowest BCUT2D eigenvalue weighted by atomic mass is 10.1. The van der Waals surface area contributed by atoms with E-state index in [1.165, 1.54) is 6.07 Å². The lowest BCUT2D eigenvalue weighted by Gasteiger charge is -2.24. The van der Waals surface area contributed by atoms with Gasteiger partial charge in [0.25, 0.3) is 0 Å². The van der Waals surface area contributed by atoms with Crippen molar-refractivity contribution in [1.82, 2.24) is 14.7 Å². The molecule has 0 aliphatic carbocycles. The van der Waals surface area contributed by atoms with E-state index in [4.69, 9.17) is 14.3 Å². The smallest absolute Gasteiger partial charge is 0.222 e. The number of allylic oxidation sites excluding steroid dienone is 1. The Bertz CT molecular complexity index is 1220. The standard InChI is InChI=1S/C28H30FN3O3/c1-3-4-13-22(33)18-32(19-23-14-10-17-34-23)20-24-27(21-11-6-5-7-12-21)30-31(2)28(24)35-26-16-9-8-15-25(26)29/h3,5-12,14-17,22,33H,1,4,13,18-20H2,2H3. The summed E-state index contributed by atoms with van der Waals surface area (Å²) in [4.78, 5) is 2.09.